The molecule has 0 atom stereocenters. The molecule has 8 heteroatoms. The first-order valence-corrected chi connectivity index (χ1v) is 11.1. The third-order valence-electron chi connectivity index (χ3n) is 4.73. The Labute approximate surface area is 170 Å². The zero-order valence-electron chi connectivity index (χ0n) is 15.7. The van der Waals surface area contributed by atoms with Crippen molar-refractivity contribution in [1.82, 2.24) is 4.31 Å². The second-order valence-electron chi connectivity index (χ2n) is 6.85. The third-order valence-corrected chi connectivity index (χ3v) is 6.88. The summed E-state index contributed by atoms with van der Waals surface area (Å²) in [5.74, 6) is -0.231. The van der Waals surface area contributed by atoms with Crippen LogP contribution in [0.15, 0.2) is 47.4 Å². The van der Waals surface area contributed by atoms with Crippen LogP contribution in [0.3, 0.4) is 0 Å². The van der Waals surface area contributed by atoms with Gasteiger partial charge in [0.15, 0.2) is 0 Å². The quantitative estimate of drug-likeness (QED) is 0.742. The number of carbonyl (C=O) groups excluding carboxylic acids is 1. The molecule has 0 bridgehead atoms. The molecule has 1 aliphatic heterocycles. The number of aryl methyl sites for hydroxylation is 1. The van der Waals surface area contributed by atoms with E-state index in [1.165, 1.54) is 4.31 Å². The highest BCUT2D eigenvalue weighted by molar-refractivity contribution is 7.89. The predicted molar refractivity (Wildman–Crippen MR) is 112 cm³/mol. The Morgan fingerprint density at radius 3 is 2.43 bits per heavy atom. The van der Waals surface area contributed by atoms with E-state index >= 15 is 0 Å². The molecule has 2 N–H and O–H groups in total. The molecule has 1 amide bonds. The van der Waals surface area contributed by atoms with Crippen LogP contribution in [0.5, 0.6) is 0 Å². The van der Waals surface area contributed by atoms with Crippen LogP contribution in [0.1, 0.15) is 24.8 Å². The molecule has 2 aromatic rings. The molecule has 0 aliphatic carbocycles. The molecule has 28 heavy (non-hydrogen) atoms. The Morgan fingerprint density at radius 1 is 1.07 bits per heavy atom. The Morgan fingerprint density at radius 2 is 1.75 bits per heavy atom. The topological polar surface area (TPSA) is 78.5 Å². The molecule has 3 rings (SSSR count). The molecule has 0 aromatic heterocycles. The van der Waals surface area contributed by atoms with Crippen LogP contribution < -0.4 is 10.6 Å². The van der Waals surface area contributed by atoms with Crippen molar-refractivity contribution in [3.05, 3.63) is 53.1 Å². The summed E-state index contributed by atoms with van der Waals surface area (Å²) in [7, 11) is -3.51. The Kier molecular flexibility index (Phi) is 6.59. The fraction of sp³-hybridized carbons (Fsp3) is 0.350. The van der Waals surface area contributed by atoms with Gasteiger partial charge in [0.05, 0.1) is 11.4 Å². The summed E-state index contributed by atoms with van der Waals surface area (Å²) in [6.45, 7) is 3.01. The van der Waals surface area contributed by atoms with Crippen molar-refractivity contribution in [3.63, 3.8) is 0 Å². The largest absolute Gasteiger partial charge is 0.376 e. The maximum Gasteiger partial charge on any atom is 0.243 e. The molecule has 2 aromatic carbocycles. The molecule has 0 spiro atoms. The van der Waals surface area contributed by atoms with E-state index in [1.54, 1.807) is 42.5 Å². The van der Waals surface area contributed by atoms with Crippen molar-refractivity contribution in [2.45, 2.75) is 31.1 Å². The van der Waals surface area contributed by atoms with Gasteiger partial charge in [0.25, 0.3) is 0 Å². The summed E-state index contributed by atoms with van der Waals surface area (Å²) in [5, 5.41) is 6.40. The van der Waals surface area contributed by atoms with Gasteiger partial charge in [0.2, 0.25) is 15.9 Å². The van der Waals surface area contributed by atoms with Gasteiger partial charge < -0.3 is 10.6 Å². The molecule has 150 valence electrons. The second-order valence-corrected chi connectivity index (χ2v) is 9.22. The summed E-state index contributed by atoms with van der Waals surface area (Å²) >= 11 is 5.84. The second kappa shape index (κ2) is 8.94. The van der Waals surface area contributed by atoms with Crippen LogP contribution in [0.4, 0.5) is 11.4 Å². The average molecular weight is 422 g/mol. The fourth-order valence-corrected chi connectivity index (χ4v) is 4.79. The van der Waals surface area contributed by atoms with Crippen LogP contribution in [0.25, 0.3) is 0 Å². The van der Waals surface area contributed by atoms with Crippen molar-refractivity contribution in [2.24, 2.45) is 0 Å². The number of nitrogens with zero attached hydrogens (tertiary/aromatic N) is 1. The number of sulfonamides is 1. The zero-order valence-corrected chi connectivity index (χ0v) is 17.3. The number of halogens is 1. The highest BCUT2D eigenvalue weighted by atomic mass is 35.5. The maximum atomic E-state index is 12.9. The standard InChI is InChI=1S/C20H24ClN3O3S/c1-15-5-10-18(28(26,27)24-11-3-2-4-12-24)13-19(15)22-14-20(25)23-17-8-6-16(21)7-9-17/h5-10,13,22H,2-4,11-12,14H2,1H3,(H,23,25). The minimum absolute atomic E-state index is 0.0245. The number of nitrogens with one attached hydrogen (secondary N) is 2. The minimum Gasteiger partial charge on any atom is -0.376 e. The summed E-state index contributed by atoms with van der Waals surface area (Å²) in [4.78, 5) is 12.4. The molecular formula is C20H24ClN3O3S. The van der Waals surface area contributed by atoms with Crippen molar-refractivity contribution >= 4 is 38.9 Å². The van der Waals surface area contributed by atoms with E-state index in [0.29, 0.717) is 29.5 Å². The van der Waals surface area contributed by atoms with Gasteiger partial charge in [0.1, 0.15) is 0 Å². The molecule has 1 aliphatic rings. The van der Waals surface area contributed by atoms with Gasteiger partial charge in [-0.2, -0.15) is 4.31 Å². The molecular weight excluding hydrogens is 398 g/mol. The molecule has 1 fully saturated rings. The highest BCUT2D eigenvalue weighted by Crippen LogP contribution is 2.25. The number of anilines is 2. The fourth-order valence-electron chi connectivity index (χ4n) is 3.12. The molecule has 0 saturated carbocycles. The van der Waals surface area contributed by atoms with E-state index in [2.05, 4.69) is 10.6 Å². The lowest BCUT2D eigenvalue weighted by molar-refractivity contribution is -0.114. The molecule has 1 saturated heterocycles. The first-order valence-electron chi connectivity index (χ1n) is 9.26. The summed E-state index contributed by atoms with van der Waals surface area (Å²) in [6.07, 6.45) is 2.84. The summed E-state index contributed by atoms with van der Waals surface area (Å²) < 4.78 is 27.3. The monoisotopic (exact) mass is 421 g/mol. The molecule has 0 unspecified atom stereocenters. The van der Waals surface area contributed by atoms with Crippen molar-refractivity contribution in [3.8, 4) is 0 Å². The van der Waals surface area contributed by atoms with Gasteiger partial charge in [-0.3, -0.25) is 4.79 Å². The number of amides is 1. The van der Waals surface area contributed by atoms with Gasteiger partial charge in [-0.15, -0.1) is 0 Å². The lowest BCUT2D eigenvalue weighted by Crippen LogP contribution is -2.35. The molecule has 6 nitrogen and oxygen atoms in total. The zero-order chi connectivity index (χ0) is 20.1. The SMILES string of the molecule is Cc1ccc(S(=O)(=O)N2CCCCC2)cc1NCC(=O)Nc1ccc(Cl)cc1. The summed E-state index contributed by atoms with van der Waals surface area (Å²) in [5.41, 5.74) is 2.15. The normalized spacial score (nSPS) is 15.2. The average Bonchev–Trinajstić information content (AvgIpc) is 2.69. The number of piperidine rings is 1. The lowest BCUT2D eigenvalue weighted by Gasteiger charge is -2.26. The van der Waals surface area contributed by atoms with E-state index < -0.39 is 10.0 Å². The van der Waals surface area contributed by atoms with Gasteiger partial charge in [-0.25, -0.2) is 8.42 Å². The minimum atomic E-state index is -3.51. The van der Waals surface area contributed by atoms with E-state index in [-0.39, 0.29) is 17.3 Å². The van der Waals surface area contributed by atoms with Crippen LogP contribution in [-0.4, -0.2) is 38.3 Å². The van der Waals surface area contributed by atoms with E-state index in [0.717, 1.165) is 24.8 Å². The summed E-state index contributed by atoms with van der Waals surface area (Å²) in [6, 6.07) is 11.8. The van der Waals surface area contributed by atoms with E-state index in [9.17, 15) is 13.2 Å². The smallest absolute Gasteiger partial charge is 0.243 e. The van der Waals surface area contributed by atoms with Crippen LogP contribution in [0.2, 0.25) is 5.02 Å². The van der Waals surface area contributed by atoms with Gasteiger partial charge in [-0.05, 0) is 61.7 Å². The van der Waals surface area contributed by atoms with Gasteiger partial charge in [0, 0.05) is 29.5 Å². The van der Waals surface area contributed by atoms with Gasteiger partial charge in [-0.1, -0.05) is 24.1 Å². The first-order chi connectivity index (χ1) is 13.4. The Balaban J connectivity index is 1.67. The number of carbonyl (C=O) groups is 1. The van der Waals surface area contributed by atoms with E-state index in [4.69, 9.17) is 11.6 Å². The van der Waals surface area contributed by atoms with Crippen molar-refractivity contribution in [2.75, 3.05) is 30.3 Å². The first kappa shape index (κ1) is 20.6. The predicted octanol–water partition coefficient (Wildman–Crippen LogP) is 3.87. The van der Waals surface area contributed by atoms with Crippen molar-refractivity contribution in [1.29, 1.82) is 0 Å². The highest BCUT2D eigenvalue weighted by Gasteiger charge is 2.26. The van der Waals surface area contributed by atoms with E-state index in [1.807, 2.05) is 6.92 Å². The van der Waals surface area contributed by atoms with Crippen LogP contribution >= 0.6 is 11.6 Å². The van der Waals surface area contributed by atoms with Gasteiger partial charge >= 0.3 is 0 Å². The number of hydrogen-bond acceptors (Lipinski definition) is 4. The van der Waals surface area contributed by atoms with Crippen LogP contribution in [0, 0.1) is 6.92 Å². The molecule has 0 radical (unpaired) electrons. The Hall–Kier alpha value is -2.09. The van der Waals surface area contributed by atoms with Crippen LogP contribution in [-0.2, 0) is 14.8 Å². The number of benzene rings is 2. The number of hydrogen-bond donors (Lipinski definition) is 2. The Bertz CT molecular complexity index is 940. The molecule has 1 heterocycles. The maximum absolute atomic E-state index is 12.9. The van der Waals surface area contributed by atoms with Crippen molar-refractivity contribution < 1.29 is 13.2 Å². The number of rotatable bonds is 6. The third kappa shape index (κ3) is 5.04. The lowest BCUT2D eigenvalue weighted by atomic mass is 10.2.